The molecule has 6 heterocycles. The monoisotopic (exact) mass is 1460 g/mol. The maximum absolute atomic E-state index is 14.2. The van der Waals surface area contributed by atoms with Crippen molar-refractivity contribution < 1.29 is 97.4 Å². The van der Waals surface area contributed by atoms with E-state index in [-0.39, 0.29) is 77.0 Å². The van der Waals surface area contributed by atoms with Crippen molar-refractivity contribution in [2.45, 2.75) is 317 Å². The van der Waals surface area contributed by atoms with Crippen LogP contribution in [-0.4, -0.2) is 263 Å². The fraction of sp³-hybridized carbons (Fsp3) is 0.870. The number of nitrogens with one attached hydrogen (secondary N) is 2. The molecule has 6 saturated heterocycles. The maximum Gasteiger partial charge on any atom is 0.316 e. The highest BCUT2D eigenvalue weighted by atomic mass is 16.7. The van der Waals surface area contributed by atoms with Crippen molar-refractivity contribution in [1.29, 1.82) is 0 Å². The van der Waals surface area contributed by atoms with Gasteiger partial charge in [-0.1, -0.05) is 80.6 Å². The van der Waals surface area contributed by atoms with Crippen LogP contribution in [0.15, 0.2) is 10.3 Å². The highest BCUT2D eigenvalue weighted by Crippen LogP contribution is 2.42. The number of oxime groups is 2. The fourth-order valence-electron chi connectivity index (χ4n) is 15.8. The summed E-state index contributed by atoms with van der Waals surface area (Å²) < 4.78 is 49.8. The van der Waals surface area contributed by atoms with Crippen LogP contribution in [0, 0.1) is 72.0 Å². The molecule has 0 aliphatic carbocycles. The molecular formula is C77H136N6O20. The number of cyclic esters (lactones) is 2. The first-order chi connectivity index (χ1) is 47.4. The Morgan fingerprint density at radius 1 is 0.573 bits per heavy atom. The topological polar surface area (TPSA) is 337 Å². The summed E-state index contributed by atoms with van der Waals surface area (Å²) in [7, 11) is 6.83. The lowest BCUT2D eigenvalue weighted by molar-refractivity contribution is -0.296. The lowest BCUT2D eigenvalue weighted by Gasteiger charge is -2.47. The Balaban J connectivity index is 0.000000525. The molecule has 103 heavy (non-hydrogen) atoms. The number of hydrogen-bond donors (Lipinski definition) is 8. The van der Waals surface area contributed by atoms with Crippen molar-refractivity contribution in [3.8, 4) is 24.7 Å². The van der Waals surface area contributed by atoms with Crippen molar-refractivity contribution in [1.82, 2.24) is 20.4 Å². The molecule has 8 N–H and O–H groups in total. The molecule has 28 atom stereocenters. The van der Waals surface area contributed by atoms with Gasteiger partial charge in [0.25, 0.3) is 0 Å². The lowest BCUT2D eigenvalue weighted by Crippen LogP contribution is -2.60. The van der Waals surface area contributed by atoms with Gasteiger partial charge in [-0.05, 0) is 134 Å². The number of ketones is 2. The van der Waals surface area contributed by atoms with E-state index >= 15 is 0 Å². The van der Waals surface area contributed by atoms with E-state index in [1.165, 1.54) is 41.9 Å². The molecule has 0 aromatic rings. The number of carbonyl (C=O) groups is 4. The molecule has 6 aliphatic rings. The van der Waals surface area contributed by atoms with E-state index in [0.717, 1.165) is 32.4 Å². The Kier molecular flexibility index (Phi) is 37.3. The molecule has 26 nitrogen and oxygen atoms in total. The number of esters is 2. The summed E-state index contributed by atoms with van der Waals surface area (Å²) in [5.41, 5.74) is -5.27. The molecule has 0 aromatic heterocycles. The van der Waals surface area contributed by atoms with Crippen LogP contribution < -0.4 is 10.6 Å². The molecule has 0 spiro atoms. The molecular weight excluding hydrogens is 1330 g/mol. The Morgan fingerprint density at radius 2 is 0.932 bits per heavy atom. The van der Waals surface area contributed by atoms with Gasteiger partial charge in [-0.2, -0.15) is 0 Å². The number of aliphatic hydroxyl groups is 6. The normalized spacial score (nSPS) is 42.3. The number of methoxy groups -OCH3 is 2. The number of ether oxygens (including phenoxy) is 8. The van der Waals surface area contributed by atoms with Gasteiger partial charge in [0.05, 0.1) is 59.2 Å². The average molecular weight is 1470 g/mol. The molecule has 6 fully saturated rings. The Morgan fingerprint density at radius 3 is 1.24 bits per heavy atom. The van der Waals surface area contributed by atoms with Gasteiger partial charge < -0.3 is 88.8 Å². The van der Waals surface area contributed by atoms with Crippen LogP contribution in [0.2, 0.25) is 0 Å². The van der Waals surface area contributed by atoms with Gasteiger partial charge in [-0.15, -0.1) is 24.7 Å². The fourth-order valence-corrected chi connectivity index (χ4v) is 15.8. The zero-order valence-corrected chi connectivity index (χ0v) is 64.2. The van der Waals surface area contributed by atoms with Gasteiger partial charge in [-0.3, -0.25) is 29.0 Å². The van der Waals surface area contributed by atoms with Crippen LogP contribution in [0.5, 0.6) is 0 Å². The SMILES string of the molecule is C.C.C#CCCN(C)[C@H]1C[C@@H](C)O[C@@H](O[C@@H]2[C@@H](C)C(=O)[C@@H](C)C(=O)O[C@H](CC)[C@@](C)(O)[C@H](O)[C@@H](C)/C(=N/O[C@@H]3CCCNC3)[C@H](C)C[C@@]2(C)OC)[C@@H]1O.C#CCCN(C)[C@H]1C[C@@H](C)O[C@@H](O[C@@H]2[C@@H](C)C(=O)[C@@H](C)C(=O)O[C@H](CC)[C@@](C)(O)[C@H](O)[C@@H](C)/C(=N/O[C@@H]3CCNC3)[C@H](C)C[C@@]2(C)OC)[C@@H]1O. The molecule has 0 radical (unpaired) electrons. The molecule has 0 saturated carbocycles. The first kappa shape index (κ1) is 92.9. The molecule has 594 valence electrons. The molecule has 0 aromatic carbocycles. The number of hydrogen-bond acceptors (Lipinski definition) is 26. The zero-order valence-electron chi connectivity index (χ0n) is 64.2. The molecule has 0 bridgehead atoms. The predicted molar refractivity (Wildman–Crippen MR) is 394 cm³/mol. The van der Waals surface area contributed by atoms with Crippen molar-refractivity contribution in [3.63, 3.8) is 0 Å². The summed E-state index contributed by atoms with van der Waals surface area (Å²) >= 11 is 0. The van der Waals surface area contributed by atoms with E-state index < -0.39 is 155 Å². The second-order valence-electron chi connectivity index (χ2n) is 30.7. The van der Waals surface area contributed by atoms with Gasteiger partial charge >= 0.3 is 11.9 Å². The Labute approximate surface area is 616 Å². The largest absolute Gasteiger partial charge is 0.459 e. The number of aliphatic hydroxyl groups excluding tert-OH is 4. The minimum atomic E-state index is -1.89. The summed E-state index contributed by atoms with van der Waals surface area (Å²) in [4.78, 5) is 71.5. The first-order valence-corrected chi connectivity index (χ1v) is 36.9. The first-order valence-electron chi connectivity index (χ1n) is 36.9. The van der Waals surface area contributed by atoms with Crippen LogP contribution in [0.3, 0.4) is 0 Å². The number of carbonyl (C=O) groups excluding carboxylic acids is 4. The number of likely N-dealkylation sites (N-methyl/N-ethyl adjacent to an activating group) is 2. The smallest absolute Gasteiger partial charge is 0.316 e. The van der Waals surface area contributed by atoms with E-state index in [1.807, 2.05) is 65.4 Å². The van der Waals surface area contributed by atoms with Gasteiger partial charge in [0.15, 0.2) is 24.1 Å². The predicted octanol–water partition coefficient (Wildman–Crippen LogP) is 6.23. The number of piperidine rings is 1. The molecule has 0 unspecified atom stereocenters. The number of terminal acetylenes is 2. The van der Waals surface area contributed by atoms with Crippen LogP contribution in [0.25, 0.3) is 0 Å². The highest BCUT2D eigenvalue weighted by Gasteiger charge is 2.55. The van der Waals surface area contributed by atoms with E-state index in [1.54, 1.807) is 41.5 Å². The minimum absolute atomic E-state index is 0. The number of Topliss-reactive ketones (excluding diaryl/α,β-unsaturated/α-hetero) is 2. The average Bonchev–Trinajstić information content (AvgIpc) is 1.36. The van der Waals surface area contributed by atoms with Crippen LogP contribution in [-0.2, 0) is 66.7 Å². The summed E-state index contributed by atoms with van der Waals surface area (Å²) in [6.07, 6.45) is 4.00. The van der Waals surface area contributed by atoms with Crippen LogP contribution >= 0.6 is 0 Å². The number of nitrogens with zero attached hydrogens (tertiary/aromatic N) is 4. The van der Waals surface area contributed by atoms with Crippen molar-refractivity contribution in [3.05, 3.63) is 0 Å². The third-order valence-electron chi connectivity index (χ3n) is 22.6. The standard InChI is InChI=1S/C38H65N3O10.C37H63N3O10.2CH4/c1-12-14-18-41(10)28-19-23(4)48-36(32(28)43)50-34-25(6)31(42)26(7)35(45)49-29(13-2)38(9,46)33(44)24(5)30(22(3)20-37(34,8)47-11)40-51-27-16-15-17-39-21-27;1-12-14-17-40(10)27-18-22(4)47-35(31(27)42)49-33-24(6)30(41)25(7)34(44)48-28(13-2)37(9,45)32(43)23(5)29(21(3)19-36(33,8)46-11)39-50-26-15-16-38-20-26;;/h1,22-29,32-34,36,39,43-44,46H,13-21H2,2-11H3;1,21-28,31-33,35,38,42-43,45H,13-20H2,2-11H3;2*1H4/b40-30+;39-29+;;/t22-,23-,24+,25+,26-,27-,28+,29-,32-,33-,34-,36+,37-,38-;21-,22-,23+,24+,25-,26-,27+,28-,31-,32-,33-,35+,36-,37-;;/m11../s1. The zero-order chi connectivity index (χ0) is 75.8. The van der Waals surface area contributed by atoms with Crippen molar-refractivity contribution in [2.75, 3.05) is 67.6 Å². The van der Waals surface area contributed by atoms with E-state index in [4.69, 9.17) is 60.4 Å². The van der Waals surface area contributed by atoms with Gasteiger partial charge in [0.2, 0.25) is 0 Å². The number of rotatable bonds is 18. The van der Waals surface area contributed by atoms with E-state index in [9.17, 15) is 49.8 Å². The van der Waals surface area contributed by atoms with Crippen molar-refractivity contribution in [2.24, 2.45) is 57.7 Å². The van der Waals surface area contributed by atoms with E-state index in [0.29, 0.717) is 63.3 Å². The quantitative estimate of drug-likeness (QED) is 0.0326. The summed E-state index contributed by atoms with van der Waals surface area (Å²) in [5.74, 6) is -4.01. The highest BCUT2D eigenvalue weighted by molar-refractivity contribution is 6.01. The van der Waals surface area contributed by atoms with Gasteiger partial charge in [0.1, 0.15) is 59.7 Å². The minimum Gasteiger partial charge on any atom is -0.459 e. The van der Waals surface area contributed by atoms with Crippen LogP contribution in [0.1, 0.15) is 196 Å². The summed E-state index contributed by atoms with van der Waals surface area (Å²) in [6.45, 7) is 31.5. The third kappa shape index (κ3) is 23.1. The molecule has 26 heteroatoms. The molecule has 6 rings (SSSR count). The summed E-state index contributed by atoms with van der Waals surface area (Å²) in [6, 6.07) is -0.658. The maximum atomic E-state index is 14.2. The second-order valence-corrected chi connectivity index (χ2v) is 30.7. The van der Waals surface area contributed by atoms with Crippen molar-refractivity contribution >= 4 is 34.9 Å². The van der Waals surface area contributed by atoms with Gasteiger partial charge in [0, 0.05) is 107 Å². The van der Waals surface area contributed by atoms with Crippen LogP contribution in [0.4, 0.5) is 0 Å². The second kappa shape index (κ2) is 41.3. The summed E-state index contributed by atoms with van der Waals surface area (Å²) in [5, 5.41) is 85.9. The molecule has 6 aliphatic heterocycles. The lowest BCUT2D eigenvalue weighted by atomic mass is 9.74. The van der Waals surface area contributed by atoms with Gasteiger partial charge in [-0.25, -0.2) is 0 Å². The van der Waals surface area contributed by atoms with E-state index in [2.05, 4.69) is 32.8 Å². The Hall–Kier alpha value is -4.30. The molecule has 0 amide bonds. The Bertz CT molecular complexity index is 2790. The third-order valence-corrected chi connectivity index (χ3v) is 22.6.